The fraction of sp³-hybridized carbons (Fsp3) is 0.923. The molecule has 1 rings (SSSR count). The van der Waals surface area contributed by atoms with Crippen LogP contribution < -0.4 is 11.1 Å². The quantitative estimate of drug-likeness (QED) is 0.754. The van der Waals surface area contributed by atoms with Gasteiger partial charge in [-0.05, 0) is 38.0 Å². The van der Waals surface area contributed by atoms with Gasteiger partial charge in [0.25, 0.3) is 0 Å². The predicted octanol–water partition coefficient (Wildman–Crippen LogP) is 2.06. The van der Waals surface area contributed by atoms with Gasteiger partial charge in [0, 0.05) is 18.5 Å². The van der Waals surface area contributed by atoms with Crippen LogP contribution in [0.2, 0.25) is 0 Å². The Labute approximate surface area is 99.2 Å². The normalized spacial score (nSPS) is 27.4. The van der Waals surface area contributed by atoms with E-state index >= 15 is 0 Å². The number of rotatable bonds is 5. The van der Waals surface area contributed by atoms with Crippen LogP contribution in [0.5, 0.6) is 0 Å². The fourth-order valence-corrected chi connectivity index (χ4v) is 2.38. The molecule has 1 unspecified atom stereocenters. The van der Waals surface area contributed by atoms with Crippen molar-refractivity contribution in [3.63, 3.8) is 0 Å². The lowest BCUT2D eigenvalue weighted by atomic mass is 9.86. The minimum atomic E-state index is 0.163. The molecule has 0 aromatic heterocycles. The highest BCUT2D eigenvalue weighted by Gasteiger charge is 2.19. The van der Waals surface area contributed by atoms with E-state index in [0.29, 0.717) is 12.0 Å². The fourth-order valence-electron chi connectivity index (χ4n) is 2.38. The Bertz CT molecular complexity index is 210. The van der Waals surface area contributed by atoms with Gasteiger partial charge in [0.15, 0.2) is 0 Å². The van der Waals surface area contributed by atoms with Gasteiger partial charge in [-0.15, -0.1) is 0 Å². The summed E-state index contributed by atoms with van der Waals surface area (Å²) in [6.45, 7) is 4.97. The van der Waals surface area contributed by atoms with Crippen LogP contribution >= 0.6 is 0 Å². The second-order valence-electron chi connectivity index (χ2n) is 5.22. The number of amides is 1. The molecular weight excluding hydrogens is 200 g/mol. The van der Waals surface area contributed by atoms with Gasteiger partial charge < -0.3 is 11.1 Å². The lowest BCUT2D eigenvalue weighted by molar-refractivity contribution is -0.124. The molecule has 1 fully saturated rings. The molecule has 1 aliphatic rings. The van der Waals surface area contributed by atoms with Crippen molar-refractivity contribution in [3.8, 4) is 0 Å². The topological polar surface area (TPSA) is 55.1 Å². The van der Waals surface area contributed by atoms with E-state index in [-0.39, 0.29) is 11.8 Å². The second-order valence-corrected chi connectivity index (χ2v) is 5.22. The molecule has 1 aliphatic carbocycles. The van der Waals surface area contributed by atoms with Crippen molar-refractivity contribution in [3.05, 3.63) is 0 Å². The van der Waals surface area contributed by atoms with Gasteiger partial charge in [-0.1, -0.05) is 20.3 Å². The Morgan fingerprint density at radius 2 is 2.00 bits per heavy atom. The van der Waals surface area contributed by atoms with Crippen LogP contribution in [0.3, 0.4) is 0 Å². The van der Waals surface area contributed by atoms with Crippen molar-refractivity contribution >= 4 is 5.91 Å². The molecule has 0 radical (unpaired) electrons. The predicted molar refractivity (Wildman–Crippen MR) is 67.0 cm³/mol. The van der Waals surface area contributed by atoms with Crippen LogP contribution in [0, 0.1) is 11.8 Å². The third kappa shape index (κ3) is 4.52. The molecule has 16 heavy (non-hydrogen) atoms. The van der Waals surface area contributed by atoms with Crippen molar-refractivity contribution in [2.45, 2.75) is 58.4 Å². The summed E-state index contributed by atoms with van der Waals surface area (Å²) in [5.41, 5.74) is 5.85. The zero-order valence-electron chi connectivity index (χ0n) is 10.7. The van der Waals surface area contributed by atoms with Gasteiger partial charge in [0.1, 0.15) is 0 Å². The Hall–Kier alpha value is -0.570. The van der Waals surface area contributed by atoms with Crippen LogP contribution in [0.25, 0.3) is 0 Å². The zero-order valence-corrected chi connectivity index (χ0v) is 10.7. The molecule has 0 saturated heterocycles. The number of nitrogens with two attached hydrogens (primary N) is 1. The van der Waals surface area contributed by atoms with Crippen molar-refractivity contribution in [2.24, 2.45) is 17.6 Å². The van der Waals surface area contributed by atoms with E-state index < -0.39 is 0 Å². The van der Waals surface area contributed by atoms with Crippen LogP contribution in [-0.4, -0.2) is 18.5 Å². The van der Waals surface area contributed by atoms with E-state index in [1.807, 2.05) is 6.92 Å². The Morgan fingerprint density at radius 1 is 1.38 bits per heavy atom. The van der Waals surface area contributed by atoms with Crippen LogP contribution in [-0.2, 0) is 4.79 Å². The van der Waals surface area contributed by atoms with E-state index in [0.717, 1.165) is 32.2 Å². The molecule has 3 heteroatoms. The maximum atomic E-state index is 11.7. The molecule has 0 bridgehead atoms. The highest BCUT2D eigenvalue weighted by molar-refractivity contribution is 5.78. The highest BCUT2D eigenvalue weighted by atomic mass is 16.1. The average molecular weight is 226 g/mol. The molecule has 0 spiro atoms. The maximum absolute atomic E-state index is 11.7. The number of hydrogen-bond acceptors (Lipinski definition) is 2. The van der Waals surface area contributed by atoms with Gasteiger partial charge in [0.2, 0.25) is 5.91 Å². The number of carbonyl (C=O) groups is 1. The zero-order chi connectivity index (χ0) is 12.0. The third-order valence-electron chi connectivity index (χ3n) is 3.63. The summed E-state index contributed by atoms with van der Waals surface area (Å²) < 4.78 is 0. The molecule has 0 aromatic carbocycles. The molecule has 3 N–H and O–H groups in total. The second kappa shape index (κ2) is 6.89. The molecule has 1 atom stereocenters. The van der Waals surface area contributed by atoms with Crippen molar-refractivity contribution < 1.29 is 4.79 Å². The summed E-state index contributed by atoms with van der Waals surface area (Å²) in [6.07, 6.45) is 6.64. The van der Waals surface area contributed by atoms with E-state index in [4.69, 9.17) is 5.73 Å². The smallest absolute Gasteiger partial charge is 0.222 e. The largest absolute Gasteiger partial charge is 0.356 e. The highest BCUT2D eigenvalue weighted by Crippen LogP contribution is 2.22. The molecule has 0 aliphatic heterocycles. The van der Waals surface area contributed by atoms with Gasteiger partial charge >= 0.3 is 0 Å². The van der Waals surface area contributed by atoms with E-state index in [2.05, 4.69) is 12.2 Å². The van der Waals surface area contributed by atoms with Gasteiger partial charge in [-0.3, -0.25) is 4.79 Å². The van der Waals surface area contributed by atoms with Crippen molar-refractivity contribution in [1.29, 1.82) is 0 Å². The average Bonchev–Trinajstić information content (AvgIpc) is 2.28. The maximum Gasteiger partial charge on any atom is 0.222 e. The van der Waals surface area contributed by atoms with Crippen molar-refractivity contribution in [1.82, 2.24) is 5.32 Å². The SMILES string of the molecule is CCCC(C)C(=O)NCC1CCC(N)CC1. The first-order chi connectivity index (χ1) is 7.63. The Kier molecular flexibility index (Phi) is 5.81. The third-order valence-corrected chi connectivity index (χ3v) is 3.63. The number of nitrogens with one attached hydrogen (secondary N) is 1. The van der Waals surface area contributed by atoms with E-state index in [1.165, 1.54) is 12.8 Å². The number of carbonyl (C=O) groups excluding carboxylic acids is 1. The molecule has 0 heterocycles. The summed E-state index contributed by atoms with van der Waals surface area (Å²) in [7, 11) is 0. The first-order valence-electron chi connectivity index (χ1n) is 6.66. The van der Waals surface area contributed by atoms with Crippen LogP contribution in [0.15, 0.2) is 0 Å². The molecule has 3 nitrogen and oxygen atoms in total. The van der Waals surface area contributed by atoms with Crippen molar-refractivity contribution in [2.75, 3.05) is 6.54 Å². The lowest BCUT2D eigenvalue weighted by Crippen LogP contribution is -2.36. The summed E-state index contributed by atoms with van der Waals surface area (Å²) >= 11 is 0. The standard InChI is InChI=1S/C13H26N2O/c1-3-4-10(2)13(16)15-9-11-5-7-12(14)8-6-11/h10-12H,3-9,14H2,1-2H3,(H,15,16). The van der Waals surface area contributed by atoms with E-state index in [9.17, 15) is 4.79 Å². The van der Waals surface area contributed by atoms with Gasteiger partial charge in [-0.2, -0.15) is 0 Å². The lowest BCUT2D eigenvalue weighted by Gasteiger charge is -2.26. The molecule has 1 saturated carbocycles. The number of hydrogen-bond donors (Lipinski definition) is 2. The first kappa shape index (κ1) is 13.5. The Morgan fingerprint density at radius 3 is 2.56 bits per heavy atom. The summed E-state index contributed by atoms with van der Waals surface area (Å²) in [6, 6.07) is 0.394. The Balaban J connectivity index is 2.16. The summed E-state index contributed by atoms with van der Waals surface area (Å²) in [5.74, 6) is 1.03. The minimum Gasteiger partial charge on any atom is -0.356 e. The summed E-state index contributed by atoms with van der Waals surface area (Å²) in [5, 5.41) is 3.07. The molecule has 1 amide bonds. The van der Waals surface area contributed by atoms with Crippen LogP contribution in [0.4, 0.5) is 0 Å². The first-order valence-corrected chi connectivity index (χ1v) is 6.66. The minimum absolute atomic E-state index is 0.163. The van der Waals surface area contributed by atoms with Gasteiger partial charge in [-0.25, -0.2) is 0 Å². The van der Waals surface area contributed by atoms with Gasteiger partial charge in [0.05, 0.1) is 0 Å². The monoisotopic (exact) mass is 226 g/mol. The van der Waals surface area contributed by atoms with Crippen LogP contribution in [0.1, 0.15) is 52.4 Å². The summed E-state index contributed by atoms with van der Waals surface area (Å²) in [4.78, 5) is 11.7. The molecule has 94 valence electrons. The van der Waals surface area contributed by atoms with E-state index in [1.54, 1.807) is 0 Å². The molecule has 0 aromatic rings. The molecular formula is C13H26N2O.